The highest BCUT2D eigenvalue weighted by Gasteiger charge is 2.14. The average Bonchev–Trinajstić information content (AvgIpc) is 3.00. The molecular formula is C15H19N5O2. The molecule has 3 rings (SSSR count). The van der Waals surface area contributed by atoms with E-state index in [1.807, 2.05) is 25.2 Å². The van der Waals surface area contributed by atoms with Crippen molar-refractivity contribution in [2.24, 2.45) is 0 Å². The van der Waals surface area contributed by atoms with E-state index in [0.29, 0.717) is 11.7 Å². The van der Waals surface area contributed by atoms with Crippen molar-refractivity contribution in [1.82, 2.24) is 15.2 Å². The Hall–Kier alpha value is -2.57. The van der Waals surface area contributed by atoms with Crippen molar-refractivity contribution in [1.29, 1.82) is 0 Å². The quantitative estimate of drug-likeness (QED) is 0.879. The van der Waals surface area contributed by atoms with Crippen LogP contribution < -0.4 is 19.7 Å². The van der Waals surface area contributed by atoms with Crippen molar-refractivity contribution < 1.29 is 9.47 Å². The van der Waals surface area contributed by atoms with Gasteiger partial charge in [-0.25, -0.2) is 0 Å². The fraction of sp³-hybridized carbons (Fsp3) is 0.400. The maximum absolute atomic E-state index is 5.36. The van der Waals surface area contributed by atoms with Gasteiger partial charge in [-0.05, 0) is 18.6 Å². The third-order valence-electron chi connectivity index (χ3n) is 3.41. The van der Waals surface area contributed by atoms with Gasteiger partial charge < -0.3 is 19.7 Å². The van der Waals surface area contributed by atoms with Crippen LogP contribution in [0.4, 0.5) is 17.5 Å². The average molecular weight is 301 g/mol. The van der Waals surface area contributed by atoms with Crippen LogP contribution in [0.5, 0.6) is 11.5 Å². The third kappa shape index (κ3) is 3.19. The molecule has 1 aromatic carbocycles. The molecule has 1 aromatic heterocycles. The van der Waals surface area contributed by atoms with Crippen LogP contribution in [-0.4, -0.2) is 35.6 Å². The molecule has 1 N–H and O–H groups in total. The van der Waals surface area contributed by atoms with Gasteiger partial charge in [-0.1, -0.05) is 13.3 Å². The van der Waals surface area contributed by atoms with E-state index in [2.05, 4.69) is 32.3 Å². The van der Waals surface area contributed by atoms with Crippen LogP contribution in [-0.2, 0) is 0 Å². The number of benzene rings is 1. The van der Waals surface area contributed by atoms with Crippen LogP contribution in [0, 0.1) is 0 Å². The summed E-state index contributed by atoms with van der Waals surface area (Å²) in [5, 5.41) is 11.2. The van der Waals surface area contributed by atoms with Gasteiger partial charge in [0.05, 0.1) is 6.20 Å². The normalized spacial score (nSPS) is 12.3. The number of anilines is 3. The summed E-state index contributed by atoms with van der Waals surface area (Å²) in [6, 6.07) is 5.61. The molecule has 0 fully saturated rings. The standard InChI is InChI=1S/C15H19N5O2/c1-3-4-7-20(2)14-9-16-19-15(18-14)17-11-5-6-12-13(8-11)22-10-21-12/h5-6,8-9H,3-4,7,10H2,1-2H3,(H,17,18,19). The number of hydrogen-bond acceptors (Lipinski definition) is 7. The molecule has 7 nitrogen and oxygen atoms in total. The van der Waals surface area contributed by atoms with Gasteiger partial charge in [-0.3, -0.25) is 0 Å². The summed E-state index contributed by atoms with van der Waals surface area (Å²) in [7, 11) is 2.00. The SMILES string of the molecule is CCCCN(C)c1cnnc(Nc2ccc3c(c2)OCO3)n1. The summed E-state index contributed by atoms with van der Waals surface area (Å²) in [6.07, 6.45) is 3.93. The summed E-state index contributed by atoms with van der Waals surface area (Å²) in [5.74, 6) is 2.72. The number of unbranched alkanes of at least 4 members (excludes halogenated alkanes) is 1. The van der Waals surface area contributed by atoms with Crippen LogP contribution in [0.15, 0.2) is 24.4 Å². The number of ether oxygens (including phenoxy) is 2. The van der Waals surface area contributed by atoms with Crippen molar-refractivity contribution in [3.8, 4) is 11.5 Å². The Morgan fingerprint density at radius 1 is 1.27 bits per heavy atom. The van der Waals surface area contributed by atoms with Gasteiger partial charge in [0.1, 0.15) is 0 Å². The number of nitrogens with zero attached hydrogens (tertiary/aromatic N) is 4. The fourth-order valence-electron chi connectivity index (χ4n) is 2.15. The molecular weight excluding hydrogens is 282 g/mol. The first-order valence-electron chi connectivity index (χ1n) is 7.34. The van der Waals surface area contributed by atoms with Gasteiger partial charge in [0.15, 0.2) is 17.3 Å². The lowest BCUT2D eigenvalue weighted by Crippen LogP contribution is -2.20. The van der Waals surface area contributed by atoms with Crippen molar-refractivity contribution in [2.75, 3.05) is 30.6 Å². The molecule has 7 heteroatoms. The summed E-state index contributed by atoms with van der Waals surface area (Å²) < 4.78 is 10.6. The molecule has 0 aliphatic carbocycles. The molecule has 0 bridgehead atoms. The second-order valence-electron chi connectivity index (χ2n) is 5.11. The summed E-state index contributed by atoms with van der Waals surface area (Å²) in [6.45, 7) is 3.37. The number of rotatable bonds is 6. The minimum absolute atomic E-state index is 0.258. The van der Waals surface area contributed by atoms with E-state index >= 15 is 0 Å². The van der Waals surface area contributed by atoms with Crippen LogP contribution in [0.2, 0.25) is 0 Å². The predicted molar refractivity (Wildman–Crippen MR) is 83.9 cm³/mol. The fourth-order valence-corrected chi connectivity index (χ4v) is 2.15. The molecule has 0 radical (unpaired) electrons. The molecule has 1 aliphatic heterocycles. The van der Waals surface area contributed by atoms with Gasteiger partial charge in [0, 0.05) is 25.3 Å². The summed E-state index contributed by atoms with van der Waals surface area (Å²) >= 11 is 0. The van der Waals surface area contributed by atoms with E-state index in [1.54, 1.807) is 6.20 Å². The minimum atomic E-state index is 0.258. The first-order valence-corrected chi connectivity index (χ1v) is 7.34. The van der Waals surface area contributed by atoms with Crippen LogP contribution in [0.1, 0.15) is 19.8 Å². The number of hydrogen-bond donors (Lipinski definition) is 1. The highest BCUT2D eigenvalue weighted by Crippen LogP contribution is 2.34. The van der Waals surface area contributed by atoms with E-state index < -0.39 is 0 Å². The Morgan fingerprint density at radius 2 is 2.14 bits per heavy atom. The zero-order valence-electron chi connectivity index (χ0n) is 12.7. The molecule has 0 spiro atoms. The van der Waals surface area contributed by atoms with Crippen molar-refractivity contribution >= 4 is 17.5 Å². The largest absolute Gasteiger partial charge is 0.454 e. The Bertz CT molecular complexity index is 650. The maximum atomic E-state index is 5.36. The van der Waals surface area contributed by atoms with E-state index in [-0.39, 0.29) is 6.79 Å². The van der Waals surface area contributed by atoms with Crippen molar-refractivity contribution in [2.45, 2.75) is 19.8 Å². The van der Waals surface area contributed by atoms with Crippen molar-refractivity contribution in [3.05, 3.63) is 24.4 Å². The highest BCUT2D eigenvalue weighted by molar-refractivity contribution is 5.60. The van der Waals surface area contributed by atoms with E-state index in [9.17, 15) is 0 Å². The van der Waals surface area contributed by atoms with E-state index in [1.165, 1.54) is 0 Å². The van der Waals surface area contributed by atoms with Gasteiger partial charge >= 0.3 is 0 Å². The molecule has 0 atom stereocenters. The summed E-state index contributed by atoms with van der Waals surface area (Å²) in [5.41, 5.74) is 0.833. The van der Waals surface area contributed by atoms with Crippen LogP contribution in [0.3, 0.4) is 0 Å². The minimum Gasteiger partial charge on any atom is -0.454 e. The Kier molecular flexibility index (Phi) is 4.22. The lowest BCUT2D eigenvalue weighted by molar-refractivity contribution is 0.174. The molecule has 2 aromatic rings. The monoisotopic (exact) mass is 301 g/mol. The molecule has 0 amide bonds. The molecule has 2 heterocycles. The topological polar surface area (TPSA) is 72.4 Å². The lowest BCUT2D eigenvalue weighted by Gasteiger charge is -2.17. The number of fused-ring (bicyclic) bond motifs is 1. The van der Waals surface area contributed by atoms with Gasteiger partial charge in [-0.15, -0.1) is 5.10 Å². The number of nitrogens with one attached hydrogen (secondary N) is 1. The predicted octanol–water partition coefficient (Wildman–Crippen LogP) is 2.58. The van der Waals surface area contributed by atoms with Crippen molar-refractivity contribution in [3.63, 3.8) is 0 Å². The first kappa shape index (κ1) is 14.4. The second kappa shape index (κ2) is 6.46. The zero-order chi connectivity index (χ0) is 15.4. The van der Waals surface area contributed by atoms with Crippen LogP contribution >= 0.6 is 0 Å². The molecule has 0 saturated carbocycles. The molecule has 0 unspecified atom stereocenters. The molecule has 116 valence electrons. The Balaban J connectivity index is 1.72. The van der Waals surface area contributed by atoms with Gasteiger partial charge in [0.2, 0.25) is 12.7 Å². The first-order chi connectivity index (χ1) is 10.8. The molecule has 1 aliphatic rings. The second-order valence-corrected chi connectivity index (χ2v) is 5.11. The summed E-state index contributed by atoms with van der Waals surface area (Å²) in [4.78, 5) is 6.56. The zero-order valence-corrected chi connectivity index (χ0v) is 12.7. The van der Waals surface area contributed by atoms with Gasteiger partial charge in [0.25, 0.3) is 0 Å². The van der Waals surface area contributed by atoms with E-state index in [4.69, 9.17) is 9.47 Å². The molecule has 22 heavy (non-hydrogen) atoms. The van der Waals surface area contributed by atoms with Crippen LogP contribution in [0.25, 0.3) is 0 Å². The third-order valence-corrected chi connectivity index (χ3v) is 3.41. The Labute approximate surface area is 129 Å². The number of aromatic nitrogens is 3. The maximum Gasteiger partial charge on any atom is 0.249 e. The van der Waals surface area contributed by atoms with E-state index in [0.717, 1.165) is 36.6 Å². The lowest BCUT2D eigenvalue weighted by atomic mass is 10.3. The Morgan fingerprint density at radius 3 is 3.00 bits per heavy atom. The molecule has 0 saturated heterocycles. The van der Waals surface area contributed by atoms with Gasteiger partial charge in [-0.2, -0.15) is 10.1 Å². The smallest absolute Gasteiger partial charge is 0.249 e. The highest BCUT2D eigenvalue weighted by atomic mass is 16.7.